The summed E-state index contributed by atoms with van der Waals surface area (Å²) in [6.07, 6.45) is -3.02. The van der Waals surface area contributed by atoms with Gasteiger partial charge in [-0.15, -0.1) is 0 Å². The average Bonchev–Trinajstić information content (AvgIpc) is 2.60. The number of nitrogens with one attached hydrogen (secondary N) is 1. The number of halogens is 4. The highest BCUT2D eigenvalue weighted by molar-refractivity contribution is 6.33. The first kappa shape index (κ1) is 19.2. The second-order valence-electron chi connectivity index (χ2n) is 6.27. The van der Waals surface area contributed by atoms with Gasteiger partial charge >= 0.3 is 6.18 Å². The van der Waals surface area contributed by atoms with Crippen molar-refractivity contribution in [3.05, 3.63) is 56.5 Å². The maximum atomic E-state index is 12.8. The van der Waals surface area contributed by atoms with E-state index < -0.39 is 17.3 Å². The minimum Gasteiger partial charge on any atom is -0.358 e. The summed E-state index contributed by atoms with van der Waals surface area (Å²) in [5, 5.41) is 5.87. The van der Waals surface area contributed by atoms with Crippen molar-refractivity contribution in [3.8, 4) is 0 Å². The molecule has 2 aromatic rings. The second kappa shape index (κ2) is 7.22. The Kier molecular flexibility index (Phi) is 5.14. The van der Waals surface area contributed by atoms with Crippen molar-refractivity contribution >= 4 is 23.2 Å². The quantitative estimate of drug-likeness (QED) is 0.860. The molecule has 0 atom stereocenters. The summed E-state index contributed by atoms with van der Waals surface area (Å²) in [5.74, 6) is -0.211. The van der Waals surface area contributed by atoms with Gasteiger partial charge in [0.15, 0.2) is 0 Å². The number of nitrogens with zero attached hydrogens (tertiary/aromatic N) is 3. The smallest absolute Gasteiger partial charge is 0.358 e. The number of alkyl halides is 3. The van der Waals surface area contributed by atoms with Gasteiger partial charge in [0.25, 0.3) is 5.56 Å². The second-order valence-corrected chi connectivity index (χ2v) is 6.65. The molecule has 0 aliphatic carbocycles. The SMILES string of the molecule is Cc1cc(C(F)(F)F)ccc1CN1CCN(c2cn[nH]c(=O)c2Cl)CC1=O. The number of piperazine rings is 1. The number of anilines is 1. The molecule has 0 saturated carbocycles. The number of aromatic nitrogens is 2. The predicted octanol–water partition coefficient (Wildman–Crippen LogP) is 2.60. The van der Waals surface area contributed by atoms with E-state index in [1.54, 1.807) is 16.7 Å². The summed E-state index contributed by atoms with van der Waals surface area (Å²) in [7, 11) is 0. The number of carbonyl (C=O) groups excluding carboxylic acids is 1. The third-order valence-corrected chi connectivity index (χ3v) is 4.83. The molecule has 0 bridgehead atoms. The first-order valence-corrected chi connectivity index (χ1v) is 8.47. The number of aryl methyl sites for hydroxylation is 1. The largest absolute Gasteiger partial charge is 0.416 e. The summed E-state index contributed by atoms with van der Waals surface area (Å²) in [6.45, 7) is 2.59. The lowest BCUT2D eigenvalue weighted by Gasteiger charge is -2.35. The zero-order valence-corrected chi connectivity index (χ0v) is 15.1. The lowest BCUT2D eigenvalue weighted by Crippen LogP contribution is -2.50. The number of benzene rings is 1. The fourth-order valence-electron chi connectivity index (χ4n) is 2.93. The van der Waals surface area contributed by atoms with Gasteiger partial charge < -0.3 is 9.80 Å². The van der Waals surface area contributed by atoms with Crippen molar-refractivity contribution in [2.75, 3.05) is 24.5 Å². The highest BCUT2D eigenvalue weighted by Crippen LogP contribution is 2.31. The number of H-pyrrole nitrogens is 1. The van der Waals surface area contributed by atoms with E-state index in [0.717, 1.165) is 12.1 Å². The third-order valence-electron chi connectivity index (χ3n) is 4.47. The minimum absolute atomic E-state index is 0.00450. The Morgan fingerprint density at radius 3 is 2.63 bits per heavy atom. The van der Waals surface area contributed by atoms with Crippen LogP contribution in [-0.2, 0) is 17.5 Å². The fourth-order valence-corrected chi connectivity index (χ4v) is 3.14. The third kappa shape index (κ3) is 4.08. The molecule has 1 aliphatic heterocycles. The molecule has 27 heavy (non-hydrogen) atoms. The van der Waals surface area contributed by atoms with Gasteiger partial charge in [-0.3, -0.25) is 9.59 Å². The van der Waals surface area contributed by atoms with Crippen molar-refractivity contribution in [2.45, 2.75) is 19.6 Å². The molecule has 2 heterocycles. The van der Waals surface area contributed by atoms with E-state index in [4.69, 9.17) is 11.6 Å². The molecule has 1 aliphatic rings. The minimum atomic E-state index is -4.40. The number of carbonyl (C=O) groups is 1. The summed E-state index contributed by atoms with van der Waals surface area (Å²) in [5.41, 5.74) is 0.252. The zero-order valence-electron chi connectivity index (χ0n) is 14.3. The van der Waals surface area contributed by atoms with Crippen LogP contribution < -0.4 is 10.5 Å². The molecule has 3 rings (SSSR count). The van der Waals surface area contributed by atoms with Crippen LogP contribution in [0.2, 0.25) is 5.02 Å². The lowest BCUT2D eigenvalue weighted by molar-refractivity contribution is -0.137. The summed E-state index contributed by atoms with van der Waals surface area (Å²) in [6, 6.07) is 3.50. The first-order chi connectivity index (χ1) is 12.7. The van der Waals surface area contributed by atoms with Crippen LogP contribution in [0.1, 0.15) is 16.7 Å². The van der Waals surface area contributed by atoms with E-state index in [-0.39, 0.29) is 24.0 Å². The number of amides is 1. The molecule has 0 unspecified atom stereocenters. The van der Waals surface area contributed by atoms with Gasteiger partial charge in [0.05, 0.1) is 24.0 Å². The normalized spacial score (nSPS) is 15.4. The van der Waals surface area contributed by atoms with Crippen LogP contribution in [-0.4, -0.2) is 40.6 Å². The van der Waals surface area contributed by atoms with Gasteiger partial charge in [0.2, 0.25) is 5.91 Å². The van der Waals surface area contributed by atoms with Gasteiger partial charge in [-0.05, 0) is 30.2 Å². The number of hydrogen-bond acceptors (Lipinski definition) is 4. The van der Waals surface area contributed by atoms with Gasteiger partial charge in [-0.25, -0.2) is 5.10 Å². The summed E-state index contributed by atoms with van der Waals surface area (Å²) >= 11 is 5.97. The molecule has 6 nitrogen and oxygen atoms in total. The Bertz CT molecular complexity index is 929. The summed E-state index contributed by atoms with van der Waals surface area (Å²) < 4.78 is 38.3. The molecule has 144 valence electrons. The lowest BCUT2D eigenvalue weighted by atomic mass is 10.0. The van der Waals surface area contributed by atoms with E-state index in [1.807, 2.05) is 0 Å². The average molecular weight is 401 g/mol. The van der Waals surface area contributed by atoms with Crippen LogP contribution in [0, 0.1) is 6.92 Å². The van der Waals surface area contributed by atoms with Crippen LogP contribution in [0.15, 0.2) is 29.2 Å². The van der Waals surface area contributed by atoms with Crippen LogP contribution in [0.5, 0.6) is 0 Å². The standard InChI is InChI=1S/C17H16ClF3N4O2/c1-10-6-12(17(19,20)21)3-2-11(10)8-25-5-4-24(9-14(25)26)13-7-22-23-16(27)15(13)18/h2-3,6-7H,4-5,8-9H2,1H3,(H,23,27). The molecule has 0 radical (unpaired) electrons. The van der Waals surface area contributed by atoms with Gasteiger partial charge in [0, 0.05) is 19.6 Å². The molecule has 0 spiro atoms. The maximum Gasteiger partial charge on any atom is 0.416 e. The van der Waals surface area contributed by atoms with Crippen LogP contribution in [0.4, 0.5) is 18.9 Å². The molecule has 1 saturated heterocycles. The van der Waals surface area contributed by atoms with Gasteiger partial charge in [-0.2, -0.15) is 18.3 Å². The molecular formula is C17H16ClF3N4O2. The van der Waals surface area contributed by atoms with E-state index >= 15 is 0 Å². The van der Waals surface area contributed by atoms with E-state index in [1.165, 1.54) is 12.3 Å². The molecule has 1 aromatic carbocycles. The Balaban J connectivity index is 1.72. The van der Waals surface area contributed by atoms with Crippen LogP contribution >= 0.6 is 11.6 Å². The number of aromatic amines is 1. The van der Waals surface area contributed by atoms with Crippen LogP contribution in [0.25, 0.3) is 0 Å². The molecule has 1 amide bonds. The highest BCUT2D eigenvalue weighted by atomic mass is 35.5. The monoisotopic (exact) mass is 400 g/mol. The van der Waals surface area contributed by atoms with E-state index in [0.29, 0.717) is 29.9 Å². The number of rotatable bonds is 3. The van der Waals surface area contributed by atoms with Crippen LogP contribution in [0.3, 0.4) is 0 Å². The summed E-state index contributed by atoms with van der Waals surface area (Å²) in [4.78, 5) is 27.2. The fraction of sp³-hybridized carbons (Fsp3) is 0.353. The Hall–Kier alpha value is -2.55. The molecular weight excluding hydrogens is 385 g/mol. The Morgan fingerprint density at radius 1 is 1.26 bits per heavy atom. The van der Waals surface area contributed by atoms with Crippen molar-refractivity contribution in [1.82, 2.24) is 15.1 Å². The number of hydrogen-bond donors (Lipinski definition) is 1. The molecule has 10 heteroatoms. The zero-order chi connectivity index (χ0) is 19.8. The van der Waals surface area contributed by atoms with Crippen molar-refractivity contribution in [2.24, 2.45) is 0 Å². The Morgan fingerprint density at radius 2 is 2.00 bits per heavy atom. The highest BCUT2D eigenvalue weighted by Gasteiger charge is 2.31. The molecule has 1 N–H and O–H groups in total. The van der Waals surface area contributed by atoms with Crippen molar-refractivity contribution in [1.29, 1.82) is 0 Å². The Labute approximate surface area is 157 Å². The molecule has 1 aromatic heterocycles. The van der Waals surface area contributed by atoms with Gasteiger partial charge in [-0.1, -0.05) is 17.7 Å². The molecule has 1 fully saturated rings. The topological polar surface area (TPSA) is 69.3 Å². The maximum absolute atomic E-state index is 12.8. The first-order valence-electron chi connectivity index (χ1n) is 8.09. The van der Waals surface area contributed by atoms with Crippen molar-refractivity contribution in [3.63, 3.8) is 0 Å². The van der Waals surface area contributed by atoms with Crippen molar-refractivity contribution < 1.29 is 18.0 Å². The predicted molar refractivity (Wildman–Crippen MR) is 93.7 cm³/mol. The van der Waals surface area contributed by atoms with E-state index in [9.17, 15) is 22.8 Å². The van der Waals surface area contributed by atoms with Gasteiger partial charge in [0.1, 0.15) is 5.02 Å². The van der Waals surface area contributed by atoms with E-state index in [2.05, 4.69) is 10.2 Å².